The topological polar surface area (TPSA) is 58.2 Å². The summed E-state index contributed by atoms with van der Waals surface area (Å²) in [7, 11) is 0. The van der Waals surface area contributed by atoms with Crippen LogP contribution in [0.15, 0.2) is 60.7 Å². The van der Waals surface area contributed by atoms with E-state index >= 15 is 0 Å². The fourth-order valence-electron chi connectivity index (χ4n) is 2.66. The van der Waals surface area contributed by atoms with Gasteiger partial charge in [-0.1, -0.05) is 53.6 Å². The number of para-hydroxylation sites is 1. The zero-order valence-corrected chi connectivity index (χ0v) is 16.2. The smallest absolute Gasteiger partial charge is 0.257 e. The van der Waals surface area contributed by atoms with Gasteiger partial charge < -0.3 is 10.6 Å². The number of amides is 2. The molecule has 0 saturated heterocycles. The molecule has 0 radical (unpaired) electrons. The van der Waals surface area contributed by atoms with Crippen LogP contribution >= 0.6 is 11.6 Å². The van der Waals surface area contributed by atoms with Crippen molar-refractivity contribution >= 4 is 29.1 Å². The van der Waals surface area contributed by atoms with Crippen LogP contribution in [0, 0.1) is 18.6 Å². The van der Waals surface area contributed by atoms with Gasteiger partial charge in [0.05, 0.1) is 21.8 Å². The monoisotopic (exact) mass is 414 g/mol. The first-order valence-electron chi connectivity index (χ1n) is 8.74. The average Bonchev–Trinajstić information content (AvgIpc) is 2.70. The number of hydrogen-bond donors (Lipinski definition) is 2. The summed E-state index contributed by atoms with van der Waals surface area (Å²) in [6.07, 6.45) is 0. The highest BCUT2D eigenvalue weighted by Gasteiger charge is 2.18. The normalized spacial score (nSPS) is 10.5. The fourth-order valence-corrected chi connectivity index (χ4v) is 2.90. The van der Waals surface area contributed by atoms with Gasteiger partial charge in [0.2, 0.25) is 0 Å². The lowest BCUT2D eigenvalue weighted by Crippen LogP contribution is -2.25. The van der Waals surface area contributed by atoms with Crippen LogP contribution in [0.25, 0.3) is 0 Å². The van der Waals surface area contributed by atoms with Crippen LogP contribution in [-0.2, 0) is 6.54 Å². The van der Waals surface area contributed by atoms with E-state index in [2.05, 4.69) is 10.6 Å². The van der Waals surface area contributed by atoms with Gasteiger partial charge in [0, 0.05) is 6.54 Å². The molecule has 2 amide bonds. The number of anilines is 1. The number of halogens is 3. The van der Waals surface area contributed by atoms with Crippen LogP contribution in [0.5, 0.6) is 0 Å². The molecule has 29 heavy (non-hydrogen) atoms. The van der Waals surface area contributed by atoms with Crippen molar-refractivity contribution in [3.63, 3.8) is 0 Å². The minimum atomic E-state index is -1.19. The first-order chi connectivity index (χ1) is 13.8. The third kappa shape index (κ3) is 4.97. The highest BCUT2D eigenvalue weighted by atomic mass is 35.5. The Kier molecular flexibility index (Phi) is 6.24. The maximum Gasteiger partial charge on any atom is 0.257 e. The summed E-state index contributed by atoms with van der Waals surface area (Å²) in [5, 5.41) is 5.08. The SMILES string of the molecule is Cc1ccc(CNC(=O)c2ccccc2NC(=O)c2cc(F)c(F)cc2Cl)cc1. The summed E-state index contributed by atoms with van der Waals surface area (Å²) in [6, 6.07) is 15.5. The molecule has 0 unspecified atom stereocenters. The second kappa shape index (κ2) is 8.84. The van der Waals surface area contributed by atoms with Gasteiger partial charge in [-0.25, -0.2) is 8.78 Å². The molecule has 0 bridgehead atoms. The molecule has 148 valence electrons. The zero-order chi connectivity index (χ0) is 21.0. The number of nitrogens with one attached hydrogen (secondary N) is 2. The molecule has 0 aromatic heterocycles. The predicted molar refractivity (Wildman–Crippen MR) is 108 cm³/mol. The van der Waals surface area contributed by atoms with E-state index in [0.29, 0.717) is 12.6 Å². The van der Waals surface area contributed by atoms with E-state index in [-0.39, 0.29) is 21.8 Å². The molecule has 0 saturated carbocycles. The second-order valence-corrected chi connectivity index (χ2v) is 6.82. The van der Waals surface area contributed by atoms with Crippen LogP contribution in [0.1, 0.15) is 31.8 Å². The van der Waals surface area contributed by atoms with Crippen molar-refractivity contribution in [1.82, 2.24) is 5.32 Å². The van der Waals surface area contributed by atoms with Gasteiger partial charge in [-0.2, -0.15) is 0 Å². The van der Waals surface area contributed by atoms with E-state index in [1.165, 1.54) is 6.07 Å². The summed E-state index contributed by atoms with van der Waals surface area (Å²) in [5.74, 6) is -3.49. The van der Waals surface area contributed by atoms with Gasteiger partial charge in [0.15, 0.2) is 11.6 Å². The molecule has 0 fully saturated rings. The standard InChI is InChI=1S/C22H17ClF2N2O2/c1-13-6-8-14(9-7-13)12-26-21(28)15-4-2-3-5-20(15)27-22(29)16-10-18(24)19(25)11-17(16)23/h2-11H,12H2,1H3,(H,26,28)(H,27,29). The van der Waals surface area contributed by atoms with Crippen molar-refractivity contribution in [2.45, 2.75) is 13.5 Å². The molecule has 2 N–H and O–H groups in total. The van der Waals surface area contributed by atoms with Gasteiger partial charge in [-0.3, -0.25) is 9.59 Å². The third-order valence-electron chi connectivity index (χ3n) is 4.25. The summed E-state index contributed by atoms with van der Waals surface area (Å²) in [5.41, 5.74) is 2.26. The largest absolute Gasteiger partial charge is 0.348 e. The quantitative estimate of drug-likeness (QED) is 0.570. The minimum Gasteiger partial charge on any atom is -0.348 e. The van der Waals surface area contributed by atoms with Crippen LogP contribution < -0.4 is 10.6 Å². The molecule has 0 spiro atoms. The Morgan fingerprint density at radius 3 is 2.28 bits per heavy atom. The third-order valence-corrected chi connectivity index (χ3v) is 4.56. The van der Waals surface area contributed by atoms with Gasteiger partial charge in [0.25, 0.3) is 11.8 Å². The van der Waals surface area contributed by atoms with E-state index in [0.717, 1.165) is 17.2 Å². The number of rotatable bonds is 5. The molecule has 0 atom stereocenters. The van der Waals surface area contributed by atoms with Crippen LogP contribution in [0.3, 0.4) is 0 Å². The lowest BCUT2D eigenvalue weighted by Gasteiger charge is -2.12. The van der Waals surface area contributed by atoms with E-state index in [1.807, 2.05) is 31.2 Å². The van der Waals surface area contributed by atoms with Gasteiger partial charge in [0.1, 0.15) is 0 Å². The summed E-state index contributed by atoms with van der Waals surface area (Å²) in [4.78, 5) is 25.1. The maximum atomic E-state index is 13.5. The van der Waals surface area contributed by atoms with Crippen molar-refractivity contribution in [2.24, 2.45) is 0 Å². The molecule has 3 rings (SSSR count). The van der Waals surface area contributed by atoms with Gasteiger partial charge in [-0.15, -0.1) is 0 Å². The zero-order valence-electron chi connectivity index (χ0n) is 15.4. The van der Waals surface area contributed by atoms with E-state index < -0.39 is 23.4 Å². The number of aryl methyl sites for hydroxylation is 1. The average molecular weight is 415 g/mol. The Balaban J connectivity index is 1.76. The summed E-state index contributed by atoms with van der Waals surface area (Å²) < 4.78 is 26.7. The highest BCUT2D eigenvalue weighted by molar-refractivity contribution is 6.34. The number of benzene rings is 3. The molecule has 4 nitrogen and oxygen atoms in total. The molecule has 0 aliphatic heterocycles. The van der Waals surface area contributed by atoms with Crippen molar-refractivity contribution < 1.29 is 18.4 Å². The first-order valence-corrected chi connectivity index (χ1v) is 9.11. The van der Waals surface area contributed by atoms with Crippen LogP contribution in [-0.4, -0.2) is 11.8 Å². The molecular weight excluding hydrogens is 398 g/mol. The number of hydrogen-bond acceptors (Lipinski definition) is 2. The second-order valence-electron chi connectivity index (χ2n) is 6.41. The molecule has 3 aromatic rings. The Hall–Kier alpha value is -3.25. The number of carbonyl (C=O) groups excluding carboxylic acids is 2. The molecule has 3 aromatic carbocycles. The lowest BCUT2D eigenvalue weighted by molar-refractivity contribution is 0.0952. The molecule has 0 heterocycles. The summed E-state index contributed by atoms with van der Waals surface area (Å²) in [6.45, 7) is 2.29. The van der Waals surface area contributed by atoms with E-state index in [4.69, 9.17) is 11.6 Å². The van der Waals surface area contributed by atoms with Crippen LogP contribution in [0.2, 0.25) is 5.02 Å². The van der Waals surface area contributed by atoms with E-state index in [1.54, 1.807) is 18.2 Å². The highest BCUT2D eigenvalue weighted by Crippen LogP contribution is 2.23. The molecular formula is C22H17ClF2N2O2. The Labute approximate surface area is 171 Å². The van der Waals surface area contributed by atoms with Gasteiger partial charge in [-0.05, 0) is 36.8 Å². The van der Waals surface area contributed by atoms with Gasteiger partial charge >= 0.3 is 0 Å². The van der Waals surface area contributed by atoms with Crippen LogP contribution in [0.4, 0.5) is 14.5 Å². The fraction of sp³-hybridized carbons (Fsp3) is 0.0909. The maximum absolute atomic E-state index is 13.5. The molecule has 0 aliphatic carbocycles. The molecule has 7 heteroatoms. The van der Waals surface area contributed by atoms with Crippen molar-refractivity contribution in [1.29, 1.82) is 0 Å². The van der Waals surface area contributed by atoms with Crippen molar-refractivity contribution in [3.8, 4) is 0 Å². The van der Waals surface area contributed by atoms with Crippen molar-refractivity contribution in [2.75, 3.05) is 5.32 Å². The predicted octanol–water partition coefficient (Wildman–Crippen LogP) is 5.11. The summed E-state index contributed by atoms with van der Waals surface area (Å²) >= 11 is 5.85. The Morgan fingerprint density at radius 1 is 0.897 bits per heavy atom. The minimum absolute atomic E-state index is 0.222. The Morgan fingerprint density at radius 2 is 1.55 bits per heavy atom. The Bertz CT molecular complexity index is 1070. The van der Waals surface area contributed by atoms with Crippen molar-refractivity contribution in [3.05, 3.63) is 99.6 Å². The molecule has 0 aliphatic rings. The first kappa shape index (κ1) is 20.5. The van der Waals surface area contributed by atoms with E-state index in [9.17, 15) is 18.4 Å². The number of carbonyl (C=O) groups is 2. The lowest BCUT2D eigenvalue weighted by atomic mass is 10.1.